The van der Waals surface area contributed by atoms with Crippen LogP contribution in [0.25, 0.3) is 0 Å². The number of nitrogens with one attached hydrogen (secondary N) is 1. The summed E-state index contributed by atoms with van der Waals surface area (Å²) in [6, 6.07) is 12.5. The Hall–Kier alpha value is -2.36. The molecule has 104 valence electrons. The van der Waals surface area contributed by atoms with E-state index in [9.17, 15) is 9.18 Å². The predicted octanol–water partition coefficient (Wildman–Crippen LogP) is 3.87. The van der Waals surface area contributed by atoms with Gasteiger partial charge in [-0.2, -0.15) is 0 Å². The van der Waals surface area contributed by atoms with Crippen LogP contribution in [0.2, 0.25) is 0 Å². The van der Waals surface area contributed by atoms with Gasteiger partial charge in [0, 0.05) is 11.3 Å². The molecule has 0 saturated carbocycles. The zero-order chi connectivity index (χ0) is 14.5. The molecular formula is C16H16FNO2. The first-order chi connectivity index (χ1) is 9.54. The third-order valence-electron chi connectivity index (χ3n) is 2.59. The van der Waals surface area contributed by atoms with Crippen molar-refractivity contribution in [1.82, 2.24) is 0 Å². The lowest BCUT2D eigenvalue weighted by Crippen LogP contribution is -2.12. The molecule has 0 unspecified atom stereocenters. The normalized spacial score (nSPS) is 10.4. The number of amides is 1. The van der Waals surface area contributed by atoms with Gasteiger partial charge in [0.05, 0.1) is 6.10 Å². The third-order valence-corrected chi connectivity index (χ3v) is 2.59. The van der Waals surface area contributed by atoms with Crippen molar-refractivity contribution in [2.24, 2.45) is 0 Å². The molecular weight excluding hydrogens is 257 g/mol. The molecule has 4 heteroatoms. The van der Waals surface area contributed by atoms with Crippen molar-refractivity contribution >= 4 is 11.6 Å². The van der Waals surface area contributed by atoms with Gasteiger partial charge in [-0.15, -0.1) is 0 Å². The second-order valence-corrected chi connectivity index (χ2v) is 4.65. The molecule has 0 atom stereocenters. The zero-order valence-corrected chi connectivity index (χ0v) is 11.4. The SMILES string of the molecule is CC(C)Oc1ccc(C(=O)Nc2ccc(F)cc2)cc1. The van der Waals surface area contributed by atoms with E-state index in [-0.39, 0.29) is 17.8 Å². The molecule has 0 aliphatic carbocycles. The van der Waals surface area contributed by atoms with Gasteiger partial charge in [0.1, 0.15) is 11.6 Å². The second kappa shape index (κ2) is 6.19. The van der Waals surface area contributed by atoms with Gasteiger partial charge in [-0.1, -0.05) is 0 Å². The molecule has 1 N–H and O–H groups in total. The average molecular weight is 273 g/mol. The van der Waals surface area contributed by atoms with Crippen LogP contribution in [0.1, 0.15) is 24.2 Å². The molecule has 0 radical (unpaired) electrons. The summed E-state index contributed by atoms with van der Waals surface area (Å²) in [6.07, 6.45) is 0.0916. The highest BCUT2D eigenvalue weighted by atomic mass is 19.1. The van der Waals surface area contributed by atoms with E-state index in [1.54, 1.807) is 24.3 Å². The monoisotopic (exact) mass is 273 g/mol. The average Bonchev–Trinajstić information content (AvgIpc) is 2.41. The Bertz CT molecular complexity index is 576. The molecule has 0 spiro atoms. The van der Waals surface area contributed by atoms with E-state index in [0.717, 1.165) is 5.75 Å². The Morgan fingerprint density at radius 2 is 1.65 bits per heavy atom. The molecule has 2 rings (SSSR count). The van der Waals surface area contributed by atoms with Crippen molar-refractivity contribution < 1.29 is 13.9 Å². The minimum Gasteiger partial charge on any atom is -0.491 e. The fourth-order valence-corrected chi connectivity index (χ4v) is 1.69. The fourth-order valence-electron chi connectivity index (χ4n) is 1.69. The number of hydrogen-bond acceptors (Lipinski definition) is 2. The number of anilines is 1. The maximum Gasteiger partial charge on any atom is 0.255 e. The number of benzene rings is 2. The molecule has 2 aromatic rings. The Balaban J connectivity index is 2.03. The number of rotatable bonds is 4. The van der Waals surface area contributed by atoms with E-state index >= 15 is 0 Å². The third kappa shape index (κ3) is 3.82. The maximum atomic E-state index is 12.8. The van der Waals surface area contributed by atoms with Crippen LogP contribution < -0.4 is 10.1 Å². The Labute approximate surface area is 117 Å². The summed E-state index contributed by atoms with van der Waals surface area (Å²) in [6.45, 7) is 3.88. The van der Waals surface area contributed by atoms with Gasteiger partial charge >= 0.3 is 0 Å². The number of halogens is 1. The number of carbonyl (C=O) groups is 1. The van der Waals surface area contributed by atoms with Crippen molar-refractivity contribution in [1.29, 1.82) is 0 Å². The minimum absolute atomic E-state index is 0.0916. The van der Waals surface area contributed by atoms with E-state index in [1.807, 2.05) is 13.8 Å². The van der Waals surface area contributed by atoms with Gasteiger partial charge in [0.15, 0.2) is 0 Å². The molecule has 0 heterocycles. The number of ether oxygens (including phenoxy) is 1. The summed E-state index contributed by atoms with van der Waals surface area (Å²) in [4.78, 5) is 12.0. The quantitative estimate of drug-likeness (QED) is 0.918. The fraction of sp³-hybridized carbons (Fsp3) is 0.188. The van der Waals surface area contributed by atoms with Crippen LogP contribution in [0.4, 0.5) is 10.1 Å². The summed E-state index contributed by atoms with van der Waals surface area (Å²) in [5.74, 6) is 0.143. The molecule has 0 fully saturated rings. The van der Waals surface area contributed by atoms with E-state index < -0.39 is 0 Å². The first kappa shape index (κ1) is 14.1. The van der Waals surface area contributed by atoms with Crippen LogP contribution in [0.15, 0.2) is 48.5 Å². The van der Waals surface area contributed by atoms with Gasteiger partial charge in [0.25, 0.3) is 5.91 Å². The Morgan fingerprint density at radius 3 is 2.20 bits per heavy atom. The van der Waals surface area contributed by atoms with Crippen molar-refractivity contribution in [3.63, 3.8) is 0 Å². The van der Waals surface area contributed by atoms with Crippen LogP contribution in [0.5, 0.6) is 5.75 Å². The molecule has 0 aromatic heterocycles. The largest absolute Gasteiger partial charge is 0.491 e. The van der Waals surface area contributed by atoms with E-state index in [2.05, 4.69) is 5.32 Å². The Morgan fingerprint density at radius 1 is 1.05 bits per heavy atom. The topological polar surface area (TPSA) is 38.3 Å². The summed E-state index contributed by atoms with van der Waals surface area (Å²) >= 11 is 0. The lowest BCUT2D eigenvalue weighted by Gasteiger charge is -2.10. The van der Waals surface area contributed by atoms with Crippen LogP contribution >= 0.6 is 0 Å². The van der Waals surface area contributed by atoms with Crippen molar-refractivity contribution in [3.8, 4) is 5.75 Å². The molecule has 1 amide bonds. The smallest absolute Gasteiger partial charge is 0.255 e. The molecule has 0 aliphatic rings. The number of carbonyl (C=O) groups excluding carboxylic acids is 1. The summed E-state index contributed by atoms with van der Waals surface area (Å²) < 4.78 is 18.3. The van der Waals surface area contributed by atoms with Crippen molar-refractivity contribution in [2.45, 2.75) is 20.0 Å². The second-order valence-electron chi connectivity index (χ2n) is 4.65. The van der Waals surface area contributed by atoms with E-state index in [0.29, 0.717) is 11.3 Å². The van der Waals surface area contributed by atoms with Crippen molar-refractivity contribution in [3.05, 3.63) is 59.9 Å². The van der Waals surface area contributed by atoms with Crippen LogP contribution in [0, 0.1) is 5.82 Å². The van der Waals surface area contributed by atoms with Crippen LogP contribution in [0.3, 0.4) is 0 Å². The first-order valence-corrected chi connectivity index (χ1v) is 6.38. The molecule has 20 heavy (non-hydrogen) atoms. The summed E-state index contributed by atoms with van der Waals surface area (Å²) in [7, 11) is 0. The zero-order valence-electron chi connectivity index (χ0n) is 11.4. The van der Waals surface area contributed by atoms with Gasteiger partial charge in [-0.3, -0.25) is 4.79 Å². The molecule has 0 aliphatic heterocycles. The molecule has 3 nitrogen and oxygen atoms in total. The first-order valence-electron chi connectivity index (χ1n) is 6.38. The lowest BCUT2D eigenvalue weighted by atomic mass is 10.2. The van der Waals surface area contributed by atoms with Gasteiger partial charge < -0.3 is 10.1 Å². The highest BCUT2D eigenvalue weighted by molar-refractivity contribution is 6.04. The highest BCUT2D eigenvalue weighted by Crippen LogP contribution is 2.15. The van der Waals surface area contributed by atoms with Crippen LogP contribution in [-0.2, 0) is 0 Å². The van der Waals surface area contributed by atoms with Gasteiger partial charge in [0.2, 0.25) is 0 Å². The molecule has 0 saturated heterocycles. The summed E-state index contributed by atoms with van der Waals surface area (Å²) in [5, 5.41) is 2.70. The van der Waals surface area contributed by atoms with Gasteiger partial charge in [-0.25, -0.2) is 4.39 Å². The predicted molar refractivity (Wildman–Crippen MR) is 76.6 cm³/mol. The minimum atomic E-state index is -0.335. The van der Waals surface area contributed by atoms with Gasteiger partial charge in [-0.05, 0) is 62.4 Å². The highest BCUT2D eigenvalue weighted by Gasteiger charge is 2.06. The van der Waals surface area contributed by atoms with Crippen molar-refractivity contribution in [2.75, 3.05) is 5.32 Å². The summed E-state index contributed by atoms with van der Waals surface area (Å²) in [5.41, 5.74) is 1.07. The van der Waals surface area contributed by atoms with E-state index in [4.69, 9.17) is 4.74 Å². The van der Waals surface area contributed by atoms with E-state index in [1.165, 1.54) is 24.3 Å². The molecule has 0 bridgehead atoms. The molecule has 2 aromatic carbocycles. The standard InChI is InChI=1S/C16H16FNO2/c1-11(2)20-15-9-3-12(4-10-15)16(19)18-14-7-5-13(17)6-8-14/h3-11H,1-2H3,(H,18,19). The maximum absolute atomic E-state index is 12.8. The Kier molecular flexibility index (Phi) is 4.35. The van der Waals surface area contributed by atoms with Crippen LogP contribution in [-0.4, -0.2) is 12.0 Å². The lowest BCUT2D eigenvalue weighted by molar-refractivity contribution is 0.102. The number of hydrogen-bond donors (Lipinski definition) is 1.